The molecule has 0 spiro atoms. The minimum atomic E-state index is 0.0583. The summed E-state index contributed by atoms with van der Waals surface area (Å²) in [6.45, 7) is 3.50. The summed E-state index contributed by atoms with van der Waals surface area (Å²) < 4.78 is 5.33. The van der Waals surface area contributed by atoms with Gasteiger partial charge >= 0.3 is 0 Å². The fraction of sp³-hybridized carbons (Fsp3) is 0.562. The first-order chi connectivity index (χ1) is 9.79. The molecule has 4 heteroatoms. The average Bonchev–Trinajstić information content (AvgIpc) is 3.17. The van der Waals surface area contributed by atoms with E-state index in [1.807, 2.05) is 11.0 Å². The number of carbonyl (C=O) groups excluding carboxylic acids is 1. The molecule has 3 rings (SSSR count). The number of likely N-dealkylation sites (tertiary alicyclic amines) is 1. The van der Waals surface area contributed by atoms with Gasteiger partial charge < -0.3 is 15.4 Å². The lowest BCUT2D eigenvalue weighted by molar-refractivity contribution is -0.134. The van der Waals surface area contributed by atoms with Gasteiger partial charge in [0.15, 0.2) is 0 Å². The Bertz CT molecular complexity index is 457. The first-order valence-electron chi connectivity index (χ1n) is 7.41. The van der Waals surface area contributed by atoms with E-state index in [0.29, 0.717) is 31.6 Å². The van der Waals surface area contributed by atoms with Gasteiger partial charge in [0.05, 0.1) is 12.5 Å². The van der Waals surface area contributed by atoms with Crippen molar-refractivity contribution in [3.05, 3.63) is 35.9 Å². The maximum Gasteiger partial charge on any atom is 0.228 e. The molecule has 0 saturated carbocycles. The molecule has 2 aliphatic rings. The lowest BCUT2D eigenvalue weighted by Gasteiger charge is -2.19. The highest BCUT2D eigenvalue weighted by atomic mass is 16.5. The average molecular weight is 274 g/mol. The van der Waals surface area contributed by atoms with Gasteiger partial charge in [-0.15, -0.1) is 0 Å². The highest BCUT2D eigenvalue weighted by Crippen LogP contribution is 2.33. The molecule has 2 N–H and O–H groups in total. The van der Waals surface area contributed by atoms with E-state index in [2.05, 4.69) is 24.3 Å². The van der Waals surface area contributed by atoms with Crippen molar-refractivity contribution in [2.45, 2.75) is 12.3 Å². The van der Waals surface area contributed by atoms with Crippen LogP contribution in [0.4, 0.5) is 0 Å². The van der Waals surface area contributed by atoms with Crippen molar-refractivity contribution >= 4 is 5.91 Å². The molecule has 1 aromatic carbocycles. The van der Waals surface area contributed by atoms with Crippen molar-refractivity contribution < 1.29 is 9.53 Å². The lowest BCUT2D eigenvalue weighted by atomic mass is 9.89. The summed E-state index contributed by atoms with van der Waals surface area (Å²) in [4.78, 5) is 14.5. The smallest absolute Gasteiger partial charge is 0.228 e. The molecule has 0 aromatic heterocycles. The van der Waals surface area contributed by atoms with E-state index in [1.165, 1.54) is 5.56 Å². The van der Waals surface area contributed by atoms with Crippen LogP contribution in [0.5, 0.6) is 0 Å². The number of nitrogens with zero attached hydrogens (tertiary/aromatic N) is 1. The second-order valence-corrected chi connectivity index (χ2v) is 5.82. The monoisotopic (exact) mass is 274 g/mol. The van der Waals surface area contributed by atoms with Crippen molar-refractivity contribution in [1.29, 1.82) is 0 Å². The van der Waals surface area contributed by atoms with Gasteiger partial charge in [0.1, 0.15) is 0 Å². The Hall–Kier alpha value is -1.39. The topological polar surface area (TPSA) is 55.6 Å². The quantitative estimate of drug-likeness (QED) is 0.902. The minimum Gasteiger partial charge on any atom is -0.381 e. The van der Waals surface area contributed by atoms with Crippen LogP contribution in [-0.4, -0.2) is 43.7 Å². The molecular formula is C16H22N2O2. The van der Waals surface area contributed by atoms with E-state index in [4.69, 9.17) is 10.5 Å². The summed E-state index contributed by atoms with van der Waals surface area (Å²) in [6.07, 6.45) is 0.860. The van der Waals surface area contributed by atoms with Crippen LogP contribution < -0.4 is 5.73 Å². The Kier molecular flexibility index (Phi) is 4.03. The van der Waals surface area contributed by atoms with Crippen molar-refractivity contribution in [3.63, 3.8) is 0 Å². The largest absolute Gasteiger partial charge is 0.381 e. The highest BCUT2D eigenvalue weighted by molar-refractivity contribution is 5.79. The molecule has 108 valence electrons. The van der Waals surface area contributed by atoms with Gasteiger partial charge in [-0.3, -0.25) is 4.79 Å². The summed E-state index contributed by atoms with van der Waals surface area (Å²) in [6, 6.07) is 10.4. The number of nitrogens with two attached hydrogens (primary N) is 1. The molecule has 0 radical (unpaired) electrons. The van der Waals surface area contributed by atoms with Crippen LogP contribution >= 0.6 is 0 Å². The number of amides is 1. The van der Waals surface area contributed by atoms with Gasteiger partial charge in [0, 0.05) is 25.6 Å². The van der Waals surface area contributed by atoms with Crippen molar-refractivity contribution in [1.82, 2.24) is 4.90 Å². The molecule has 2 heterocycles. The van der Waals surface area contributed by atoms with Gasteiger partial charge in [-0.1, -0.05) is 30.3 Å². The third-order valence-electron chi connectivity index (χ3n) is 4.56. The molecule has 4 nitrogen and oxygen atoms in total. The van der Waals surface area contributed by atoms with E-state index in [1.54, 1.807) is 0 Å². The Morgan fingerprint density at radius 2 is 2.10 bits per heavy atom. The molecule has 20 heavy (non-hydrogen) atoms. The molecule has 1 unspecified atom stereocenters. The number of hydrogen-bond donors (Lipinski definition) is 1. The fourth-order valence-corrected chi connectivity index (χ4v) is 3.36. The summed E-state index contributed by atoms with van der Waals surface area (Å²) in [5.74, 6) is 1.04. The molecule has 2 aliphatic heterocycles. The summed E-state index contributed by atoms with van der Waals surface area (Å²) in [5.41, 5.74) is 7.21. The Morgan fingerprint density at radius 1 is 1.30 bits per heavy atom. The Balaban J connectivity index is 1.72. The lowest BCUT2D eigenvalue weighted by Crippen LogP contribution is -2.35. The number of hydrogen-bond acceptors (Lipinski definition) is 3. The third-order valence-corrected chi connectivity index (χ3v) is 4.56. The molecule has 0 bridgehead atoms. The van der Waals surface area contributed by atoms with Crippen LogP contribution in [-0.2, 0) is 9.53 Å². The van der Waals surface area contributed by atoms with Crippen LogP contribution in [0.1, 0.15) is 17.9 Å². The maximum absolute atomic E-state index is 12.5. The second kappa shape index (κ2) is 5.94. The van der Waals surface area contributed by atoms with Crippen LogP contribution in [0.3, 0.4) is 0 Å². The van der Waals surface area contributed by atoms with Gasteiger partial charge in [0.25, 0.3) is 0 Å². The predicted molar refractivity (Wildman–Crippen MR) is 77.2 cm³/mol. The molecule has 2 fully saturated rings. The standard InChI is InChI=1S/C16H22N2O2/c17-8-14-9-18(16(19)13-6-7-20-11-13)10-15(14)12-4-2-1-3-5-12/h1-5,13-15H,6-11,17H2/t13?,14-,15+/m1/s1. The zero-order valence-electron chi connectivity index (χ0n) is 11.7. The molecule has 1 aromatic rings. The SMILES string of the molecule is NC[C@@H]1CN(C(=O)C2CCOC2)C[C@H]1c1ccccc1. The van der Waals surface area contributed by atoms with E-state index in [-0.39, 0.29) is 11.8 Å². The first kappa shape index (κ1) is 13.6. The summed E-state index contributed by atoms with van der Waals surface area (Å²) in [5, 5.41) is 0. The van der Waals surface area contributed by atoms with Gasteiger partial charge in [-0.05, 0) is 24.4 Å². The van der Waals surface area contributed by atoms with Crippen LogP contribution in [0.15, 0.2) is 30.3 Å². The number of ether oxygens (including phenoxy) is 1. The van der Waals surface area contributed by atoms with E-state index >= 15 is 0 Å². The molecule has 0 aliphatic carbocycles. The number of rotatable bonds is 3. The normalized spacial score (nSPS) is 29.9. The Labute approximate surface area is 119 Å². The van der Waals surface area contributed by atoms with E-state index in [9.17, 15) is 4.79 Å². The van der Waals surface area contributed by atoms with Crippen LogP contribution in [0, 0.1) is 11.8 Å². The summed E-state index contributed by atoms with van der Waals surface area (Å²) in [7, 11) is 0. The predicted octanol–water partition coefficient (Wildman–Crippen LogP) is 1.22. The van der Waals surface area contributed by atoms with Crippen LogP contribution in [0.2, 0.25) is 0 Å². The number of benzene rings is 1. The molecular weight excluding hydrogens is 252 g/mol. The third kappa shape index (κ3) is 2.58. The zero-order chi connectivity index (χ0) is 13.9. The van der Waals surface area contributed by atoms with E-state index < -0.39 is 0 Å². The van der Waals surface area contributed by atoms with Gasteiger partial charge in [0.2, 0.25) is 5.91 Å². The van der Waals surface area contributed by atoms with Crippen molar-refractivity contribution in [3.8, 4) is 0 Å². The Morgan fingerprint density at radius 3 is 2.75 bits per heavy atom. The van der Waals surface area contributed by atoms with E-state index in [0.717, 1.165) is 19.5 Å². The first-order valence-corrected chi connectivity index (χ1v) is 7.41. The van der Waals surface area contributed by atoms with Crippen molar-refractivity contribution in [2.24, 2.45) is 17.6 Å². The second-order valence-electron chi connectivity index (χ2n) is 5.82. The highest BCUT2D eigenvalue weighted by Gasteiger charge is 2.38. The molecule has 1 amide bonds. The van der Waals surface area contributed by atoms with Crippen molar-refractivity contribution in [2.75, 3.05) is 32.8 Å². The molecule has 2 saturated heterocycles. The fourth-order valence-electron chi connectivity index (χ4n) is 3.36. The zero-order valence-corrected chi connectivity index (χ0v) is 11.7. The molecule has 3 atom stereocenters. The number of carbonyl (C=O) groups is 1. The van der Waals surface area contributed by atoms with Gasteiger partial charge in [-0.25, -0.2) is 0 Å². The summed E-state index contributed by atoms with van der Waals surface area (Å²) >= 11 is 0. The maximum atomic E-state index is 12.5. The van der Waals surface area contributed by atoms with Crippen LogP contribution in [0.25, 0.3) is 0 Å². The minimum absolute atomic E-state index is 0.0583. The van der Waals surface area contributed by atoms with Gasteiger partial charge in [-0.2, -0.15) is 0 Å².